The first-order valence-corrected chi connectivity index (χ1v) is 5.69. The molecule has 1 aromatic heterocycles. The zero-order valence-electron chi connectivity index (χ0n) is 9.23. The van der Waals surface area contributed by atoms with Gasteiger partial charge in [-0.15, -0.1) is 12.4 Å². The Morgan fingerprint density at radius 3 is 2.56 bits per heavy atom. The van der Waals surface area contributed by atoms with E-state index in [9.17, 15) is 0 Å². The Labute approximate surface area is 102 Å². The number of nitrogens with one attached hydrogen (secondary N) is 1. The molecule has 2 aliphatic rings. The molecule has 0 aromatic carbocycles. The van der Waals surface area contributed by atoms with Crippen LogP contribution in [-0.4, -0.2) is 17.1 Å². The Morgan fingerprint density at radius 1 is 1.25 bits per heavy atom. The maximum Gasteiger partial charge on any atom is 0.126 e. The van der Waals surface area contributed by atoms with E-state index in [-0.39, 0.29) is 12.4 Å². The Balaban J connectivity index is 0.000000963. The SMILES string of the molecule is Cl.NC1CC2(C1)CC(Nc1ccccn1)C2. The first-order chi connectivity index (χ1) is 7.26. The third-order valence-electron chi connectivity index (χ3n) is 3.77. The van der Waals surface area contributed by atoms with Crippen LogP contribution in [0.2, 0.25) is 0 Å². The van der Waals surface area contributed by atoms with Crippen molar-refractivity contribution in [3.05, 3.63) is 24.4 Å². The number of nitrogens with zero attached hydrogens (tertiary/aromatic N) is 1. The minimum absolute atomic E-state index is 0. The van der Waals surface area contributed by atoms with Gasteiger partial charge >= 0.3 is 0 Å². The summed E-state index contributed by atoms with van der Waals surface area (Å²) < 4.78 is 0. The van der Waals surface area contributed by atoms with Crippen molar-refractivity contribution in [2.75, 3.05) is 5.32 Å². The summed E-state index contributed by atoms with van der Waals surface area (Å²) >= 11 is 0. The Kier molecular flexibility index (Phi) is 3.08. The van der Waals surface area contributed by atoms with E-state index in [0.717, 1.165) is 5.82 Å². The van der Waals surface area contributed by atoms with Crippen LogP contribution in [0.1, 0.15) is 25.7 Å². The van der Waals surface area contributed by atoms with E-state index in [1.54, 1.807) is 0 Å². The topological polar surface area (TPSA) is 50.9 Å². The number of pyridine rings is 1. The fraction of sp³-hybridized carbons (Fsp3) is 0.583. The standard InChI is InChI=1S/C12H17N3.ClH/c13-9-5-12(6-9)7-10(8-12)15-11-3-1-2-4-14-11;/h1-4,9-10H,5-8,13H2,(H,14,15);1H. The fourth-order valence-corrected chi connectivity index (χ4v) is 3.13. The summed E-state index contributed by atoms with van der Waals surface area (Å²) in [6.07, 6.45) is 6.84. The molecule has 0 unspecified atom stereocenters. The van der Waals surface area contributed by atoms with Crippen LogP contribution < -0.4 is 11.1 Å². The van der Waals surface area contributed by atoms with Crippen molar-refractivity contribution >= 4 is 18.2 Å². The van der Waals surface area contributed by atoms with Gasteiger partial charge in [-0.1, -0.05) is 6.07 Å². The van der Waals surface area contributed by atoms with E-state index in [4.69, 9.17) is 5.73 Å². The lowest BCUT2D eigenvalue weighted by Crippen LogP contribution is -2.57. The molecule has 0 amide bonds. The molecule has 4 heteroatoms. The molecule has 2 fully saturated rings. The van der Waals surface area contributed by atoms with Crippen molar-refractivity contribution in [3.63, 3.8) is 0 Å². The van der Waals surface area contributed by atoms with Gasteiger partial charge in [0, 0.05) is 18.3 Å². The van der Waals surface area contributed by atoms with Crippen LogP contribution in [0.4, 0.5) is 5.82 Å². The van der Waals surface area contributed by atoms with E-state index < -0.39 is 0 Å². The second kappa shape index (κ2) is 4.22. The van der Waals surface area contributed by atoms with Crippen LogP contribution in [0.3, 0.4) is 0 Å². The molecule has 88 valence electrons. The van der Waals surface area contributed by atoms with Crippen molar-refractivity contribution in [2.45, 2.75) is 37.8 Å². The van der Waals surface area contributed by atoms with Crippen molar-refractivity contribution in [1.29, 1.82) is 0 Å². The van der Waals surface area contributed by atoms with Crippen molar-refractivity contribution in [3.8, 4) is 0 Å². The van der Waals surface area contributed by atoms with Crippen LogP contribution in [0.15, 0.2) is 24.4 Å². The quantitative estimate of drug-likeness (QED) is 0.832. The molecule has 1 aromatic rings. The fourth-order valence-electron chi connectivity index (χ4n) is 3.13. The normalized spacial score (nSPS) is 35.8. The zero-order valence-corrected chi connectivity index (χ0v) is 10.0. The minimum Gasteiger partial charge on any atom is -0.367 e. The van der Waals surface area contributed by atoms with Crippen LogP contribution in [0.25, 0.3) is 0 Å². The van der Waals surface area contributed by atoms with Crippen molar-refractivity contribution < 1.29 is 0 Å². The molecule has 16 heavy (non-hydrogen) atoms. The highest BCUT2D eigenvalue weighted by Crippen LogP contribution is 2.55. The summed E-state index contributed by atoms with van der Waals surface area (Å²) in [4.78, 5) is 4.27. The summed E-state index contributed by atoms with van der Waals surface area (Å²) in [5, 5.41) is 3.46. The van der Waals surface area contributed by atoms with E-state index >= 15 is 0 Å². The van der Waals surface area contributed by atoms with Crippen LogP contribution >= 0.6 is 12.4 Å². The number of rotatable bonds is 2. The average Bonchev–Trinajstić information content (AvgIpc) is 2.14. The molecular weight excluding hydrogens is 222 g/mol. The van der Waals surface area contributed by atoms with Gasteiger partial charge in [0.15, 0.2) is 0 Å². The van der Waals surface area contributed by atoms with Gasteiger partial charge in [0.2, 0.25) is 0 Å². The Hall–Kier alpha value is -0.800. The third kappa shape index (κ3) is 2.02. The van der Waals surface area contributed by atoms with E-state index in [0.29, 0.717) is 17.5 Å². The third-order valence-corrected chi connectivity index (χ3v) is 3.77. The van der Waals surface area contributed by atoms with Crippen molar-refractivity contribution in [1.82, 2.24) is 4.98 Å². The predicted molar refractivity (Wildman–Crippen MR) is 67.8 cm³/mol. The first-order valence-electron chi connectivity index (χ1n) is 5.69. The van der Waals surface area contributed by atoms with Gasteiger partial charge in [0.1, 0.15) is 5.82 Å². The lowest BCUT2D eigenvalue weighted by molar-refractivity contribution is 0.00111. The monoisotopic (exact) mass is 239 g/mol. The molecule has 3 rings (SSSR count). The molecule has 0 bridgehead atoms. The molecule has 1 heterocycles. The molecule has 0 atom stereocenters. The lowest BCUT2D eigenvalue weighted by Gasteiger charge is -2.57. The average molecular weight is 240 g/mol. The summed E-state index contributed by atoms with van der Waals surface area (Å²) in [6, 6.07) is 7.08. The highest BCUT2D eigenvalue weighted by atomic mass is 35.5. The smallest absolute Gasteiger partial charge is 0.126 e. The van der Waals surface area contributed by atoms with Gasteiger partial charge in [-0.05, 0) is 43.2 Å². The summed E-state index contributed by atoms with van der Waals surface area (Å²) in [5.41, 5.74) is 6.43. The number of halogens is 1. The first kappa shape index (κ1) is 11.7. The Bertz CT molecular complexity index is 341. The molecule has 2 aliphatic carbocycles. The van der Waals surface area contributed by atoms with Gasteiger partial charge in [0.25, 0.3) is 0 Å². The maximum atomic E-state index is 5.83. The zero-order chi connectivity index (χ0) is 10.3. The molecule has 1 spiro atoms. The summed E-state index contributed by atoms with van der Waals surface area (Å²) in [6.45, 7) is 0. The number of hydrogen-bond donors (Lipinski definition) is 2. The van der Waals surface area contributed by atoms with E-state index in [2.05, 4.69) is 10.3 Å². The van der Waals surface area contributed by atoms with Crippen LogP contribution in [0.5, 0.6) is 0 Å². The second-order valence-corrected chi connectivity index (χ2v) is 5.13. The number of hydrogen-bond acceptors (Lipinski definition) is 3. The van der Waals surface area contributed by atoms with Crippen LogP contribution in [0, 0.1) is 5.41 Å². The maximum absolute atomic E-state index is 5.83. The molecule has 0 aliphatic heterocycles. The van der Waals surface area contributed by atoms with Crippen LogP contribution in [-0.2, 0) is 0 Å². The molecule has 2 saturated carbocycles. The van der Waals surface area contributed by atoms with Gasteiger partial charge in [0.05, 0.1) is 0 Å². The van der Waals surface area contributed by atoms with Gasteiger partial charge in [-0.2, -0.15) is 0 Å². The molecular formula is C12H18ClN3. The molecule has 3 N–H and O–H groups in total. The number of nitrogens with two attached hydrogens (primary N) is 1. The number of aromatic nitrogens is 1. The van der Waals surface area contributed by atoms with Gasteiger partial charge in [-0.3, -0.25) is 0 Å². The molecule has 3 nitrogen and oxygen atoms in total. The molecule has 0 saturated heterocycles. The predicted octanol–water partition coefficient (Wildman–Crippen LogP) is 2.19. The van der Waals surface area contributed by atoms with Gasteiger partial charge < -0.3 is 11.1 Å². The second-order valence-electron chi connectivity index (χ2n) is 5.13. The highest BCUT2D eigenvalue weighted by molar-refractivity contribution is 5.85. The minimum atomic E-state index is 0. The summed E-state index contributed by atoms with van der Waals surface area (Å²) in [7, 11) is 0. The summed E-state index contributed by atoms with van der Waals surface area (Å²) in [5.74, 6) is 1.00. The molecule has 0 radical (unpaired) electrons. The Morgan fingerprint density at radius 2 is 2.00 bits per heavy atom. The number of anilines is 1. The lowest BCUT2D eigenvalue weighted by atomic mass is 9.52. The highest BCUT2D eigenvalue weighted by Gasteiger charge is 2.51. The van der Waals surface area contributed by atoms with E-state index in [1.165, 1.54) is 25.7 Å². The van der Waals surface area contributed by atoms with Gasteiger partial charge in [-0.25, -0.2) is 4.98 Å². The van der Waals surface area contributed by atoms with Crippen molar-refractivity contribution in [2.24, 2.45) is 11.1 Å². The largest absolute Gasteiger partial charge is 0.367 e. The van der Waals surface area contributed by atoms with E-state index in [1.807, 2.05) is 24.4 Å².